The van der Waals surface area contributed by atoms with Crippen molar-refractivity contribution in [2.45, 2.75) is 19.5 Å². The molecule has 0 fully saturated rings. The van der Waals surface area contributed by atoms with E-state index in [-0.39, 0.29) is 5.91 Å². The lowest BCUT2D eigenvalue weighted by molar-refractivity contribution is 0.0729. The van der Waals surface area contributed by atoms with Crippen LogP contribution in [0.2, 0.25) is 0 Å². The smallest absolute Gasteiger partial charge is 0.254 e. The molecule has 1 aromatic heterocycles. The minimum atomic E-state index is -0.0451. The van der Waals surface area contributed by atoms with Crippen LogP contribution in [0.25, 0.3) is 0 Å². The molecule has 0 unspecified atom stereocenters. The highest BCUT2D eigenvalue weighted by Crippen LogP contribution is 2.31. The quantitative estimate of drug-likeness (QED) is 0.675. The van der Waals surface area contributed by atoms with Gasteiger partial charge in [0.15, 0.2) is 11.5 Å². The standard InChI is InChI=1S/C23H22N2O3/c26-23(20-7-8-21-22(15-20)28-14-4-13-27-21)25(16-18-5-2-1-3-6-18)17-19-9-11-24-12-10-19/h1-3,5-12,15H,4,13-14,16-17H2. The Labute approximate surface area is 164 Å². The van der Waals surface area contributed by atoms with Crippen LogP contribution >= 0.6 is 0 Å². The Bertz CT molecular complexity index is 888. The molecule has 1 amide bonds. The van der Waals surface area contributed by atoms with Crippen molar-refractivity contribution in [1.29, 1.82) is 0 Å². The van der Waals surface area contributed by atoms with Crippen molar-refractivity contribution in [3.05, 3.63) is 89.7 Å². The number of carbonyl (C=O) groups is 1. The van der Waals surface area contributed by atoms with Crippen molar-refractivity contribution < 1.29 is 14.3 Å². The highest BCUT2D eigenvalue weighted by atomic mass is 16.5. The van der Waals surface area contributed by atoms with Crippen LogP contribution in [-0.4, -0.2) is 29.0 Å². The average Bonchev–Trinajstić information content (AvgIpc) is 2.99. The largest absolute Gasteiger partial charge is 0.490 e. The number of benzene rings is 2. The Hall–Kier alpha value is -3.34. The summed E-state index contributed by atoms with van der Waals surface area (Å²) in [5, 5.41) is 0. The van der Waals surface area contributed by atoms with Gasteiger partial charge in [0.25, 0.3) is 5.91 Å². The molecule has 0 atom stereocenters. The van der Waals surface area contributed by atoms with Crippen molar-refractivity contribution >= 4 is 5.91 Å². The fourth-order valence-corrected chi connectivity index (χ4v) is 3.19. The molecule has 0 saturated carbocycles. The number of hydrogen-bond donors (Lipinski definition) is 0. The van der Waals surface area contributed by atoms with Gasteiger partial charge in [0.05, 0.1) is 13.2 Å². The Morgan fingerprint density at radius 2 is 1.54 bits per heavy atom. The van der Waals surface area contributed by atoms with E-state index >= 15 is 0 Å². The molecule has 1 aliphatic heterocycles. The maximum absolute atomic E-state index is 13.3. The maximum atomic E-state index is 13.3. The second-order valence-corrected chi connectivity index (χ2v) is 6.71. The first-order valence-corrected chi connectivity index (χ1v) is 9.41. The van der Waals surface area contributed by atoms with E-state index in [0.717, 1.165) is 17.5 Å². The fourth-order valence-electron chi connectivity index (χ4n) is 3.19. The molecule has 0 saturated heterocycles. The van der Waals surface area contributed by atoms with Crippen LogP contribution < -0.4 is 9.47 Å². The number of nitrogens with zero attached hydrogens (tertiary/aromatic N) is 2. The van der Waals surface area contributed by atoms with E-state index in [1.54, 1.807) is 24.5 Å². The first kappa shape index (κ1) is 18.0. The van der Waals surface area contributed by atoms with E-state index in [1.807, 2.05) is 53.4 Å². The average molecular weight is 374 g/mol. The molecule has 5 heteroatoms. The number of pyridine rings is 1. The van der Waals surface area contributed by atoms with Crippen LogP contribution in [0.3, 0.4) is 0 Å². The van der Waals surface area contributed by atoms with Gasteiger partial charge >= 0.3 is 0 Å². The zero-order valence-electron chi connectivity index (χ0n) is 15.6. The molecular formula is C23H22N2O3. The molecule has 0 spiro atoms. The van der Waals surface area contributed by atoms with Gasteiger partial charge in [-0.2, -0.15) is 0 Å². The van der Waals surface area contributed by atoms with E-state index in [4.69, 9.17) is 9.47 Å². The Kier molecular flexibility index (Phi) is 5.52. The third-order valence-electron chi connectivity index (χ3n) is 4.62. The summed E-state index contributed by atoms with van der Waals surface area (Å²) in [4.78, 5) is 19.2. The normalized spacial score (nSPS) is 12.9. The second kappa shape index (κ2) is 8.57. The van der Waals surface area contributed by atoms with Crippen molar-refractivity contribution in [3.8, 4) is 11.5 Å². The Balaban J connectivity index is 1.61. The molecule has 1 aliphatic rings. The number of rotatable bonds is 5. The number of hydrogen-bond acceptors (Lipinski definition) is 4. The summed E-state index contributed by atoms with van der Waals surface area (Å²) in [6.07, 6.45) is 4.32. The molecule has 2 heterocycles. The zero-order valence-corrected chi connectivity index (χ0v) is 15.6. The maximum Gasteiger partial charge on any atom is 0.254 e. The molecule has 4 rings (SSSR count). The summed E-state index contributed by atoms with van der Waals surface area (Å²) in [7, 11) is 0. The molecule has 0 aliphatic carbocycles. The molecule has 5 nitrogen and oxygen atoms in total. The summed E-state index contributed by atoms with van der Waals surface area (Å²) in [6, 6.07) is 19.3. The monoisotopic (exact) mass is 374 g/mol. The molecule has 3 aromatic rings. The summed E-state index contributed by atoms with van der Waals surface area (Å²) in [6.45, 7) is 2.25. The van der Waals surface area contributed by atoms with E-state index < -0.39 is 0 Å². The Morgan fingerprint density at radius 3 is 2.29 bits per heavy atom. The van der Waals surface area contributed by atoms with Gasteiger partial charge in [0.2, 0.25) is 0 Å². The van der Waals surface area contributed by atoms with Gasteiger partial charge in [-0.15, -0.1) is 0 Å². The molecule has 0 bridgehead atoms. The van der Waals surface area contributed by atoms with Crippen LogP contribution in [0.5, 0.6) is 11.5 Å². The van der Waals surface area contributed by atoms with E-state index in [9.17, 15) is 4.79 Å². The first-order valence-electron chi connectivity index (χ1n) is 9.41. The molecule has 0 N–H and O–H groups in total. The highest BCUT2D eigenvalue weighted by molar-refractivity contribution is 5.95. The van der Waals surface area contributed by atoms with Gasteiger partial charge in [-0.05, 0) is 41.5 Å². The molecule has 142 valence electrons. The van der Waals surface area contributed by atoms with E-state index in [0.29, 0.717) is 43.4 Å². The van der Waals surface area contributed by atoms with Gasteiger partial charge in [0.1, 0.15) is 0 Å². The fraction of sp³-hybridized carbons (Fsp3) is 0.217. The van der Waals surface area contributed by atoms with Crippen molar-refractivity contribution in [2.75, 3.05) is 13.2 Å². The second-order valence-electron chi connectivity index (χ2n) is 6.71. The van der Waals surface area contributed by atoms with Crippen LogP contribution in [0.4, 0.5) is 0 Å². The van der Waals surface area contributed by atoms with Crippen molar-refractivity contribution in [1.82, 2.24) is 9.88 Å². The predicted molar refractivity (Wildman–Crippen MR) is 106 cm³/mol. The summed E-state index contributed by atoms with van der Waals surface area (Å²) in [5.74, 6) is 1.28. The van der Waals surface area contributed by atoms with E-state index in [1.165, 1.54) is 0 Å². The topological polar surface area (TPSA) is 51.7 Å². The number of aromatic nitrogens is 1. The van der Waals surface area contributed by atoms with E-state index in [2.05, 4.69) is 4.98 Å². The molecule has 0 radical (unpaired) electrons. The lowest BCUT2D eigenvalue weighted by Gasteiger charge is -2.23. The Morgan fingerprint density at radius 1 is 0.857 bits per heavy atom. The van der Waals surface area contributed by atoms with Crippen molar-refractivity contribution in [2.24, 2.45) is 0 Å². The minimum Gasteiger partial charge on any atom is -0.490 e. The van der Waals surface area contributed by atoms with Gasteiger partial charge in [0, 0.05) is 37.5 Å². The predicted octanol–water partition coefficient (Wildman–Crippen LogP) is 4.09. The number of amides is 1. The lowest BCUT2D eigenvalue weighted by atomic mass is 10.1. The van der Waals surface area contributed by atoms with Gasteiger partial charge in [-0.3, -0.25) is 9.78 Å². The van der Waals surface area contributed by atoms with Gasteiger partial charge in [-0.1, -0.05) is 30.3 Å². The number of carbonyl (C=O) groups excluding carboxylic acids is 1. The first-order chi connectivity index (χ1) is 13.8. The summed E-state index contributed by atoms with van der Waals surface area (Å²) < 4.78 is 11.4. The highest BCUT2D eigenvalue weighted by Gasteiger charge is 2.20. The van der Waals surface area contributed by atoms with Crippen LogP contribution in [0.15, 0.2) is 73.1 Å². The zero-order chi connectivity index (χ0) is 19.2. The summed E-state index contributed by atoms with van der Waals surface area (Å²) >= 11 is 0. The molecule has 28 heavy (non-hydrogen) atoms. The third kappa shape index (κ3) is 4.31. The van der Waals surface area contributed by atoms with Crippen molar-refractivity contribution in [3.63, 3.8) is 0 Å². The number of fused-ring (bicyclic) bond motifs is 1. The van der Waals surface area contributed by atoms with Gasteiger partial charge in [-0.25, -0.2) is 0 Å². The summed E-state index contributed by atoms with van der Waals surface area (Å²) in [5.41, 5.74) is 2.71. The third-order valence-corrected chi connectivity index (χ3v) is 4.62. The number of ether oxygens (including phenoxy) is 2. The van der Waals surface area contributed by atoms with Crippen LogP contribution in [0, 0.1) is 0 Å². The minimum absolute atomic E-state index is 0.0451. The lowest BCUT2D eigenvalue weighted by Crippen LogP contribution is -2.30. The molecule has 2 aromatic carbocycles. The molecular weight excluding hydrogens is 352 g/mol. The SMILES string of the molecule is O=C(c1ccc2c(c1)OCCCO2)N(Cc1ccccc1)Cc1ccncc1. The van der Waals surface area contributed by atoms with Gasteiger partial charge < -0.3 is 14.4 Å². The van der Waals surface area contributed by atoms with Crippen LogP contribution in [-0.2, 0) is 13.1 Å². The van der Waals surface area contributed by atoms with Crippen LogP contribution in [0.1, 0.15) is 27.9 Å².